The average molecular weight is 585 g/mol. The van der Waals surface area contributed by atoms with Crippen LogP contribution in [0.1, 0.15) is 126 Å². The van der Waals surface area contributed by atoms with Crippen LogP contribution in [0, 0.1) is 0 Å². The standard InChI is InChI=1S/C36H56O6/c1-37-33-23-19-31(20-24-33)35-39-27-15-11-7-3-5-9-13-17-29-41-36(32-21-25-34(38-2)26-22-32)42-30-18-14-10-6-4-8-12-16-28-40-35/h19-26,35-36H,3-18,27-30H2,1-2H3. The van der Waals surface area contributed by atoms with Crippen LogP contribution < -0.4 is 9.47 Å². The lowest BCUT2D eigenvalue weighted by Crippen LogP contribution is -2.11. The monoisotopic (exact) mass is 584 g/mol. The minimum Gasteiger partial charge on any atom is -0.497 e. The van der Waals surface area contributed by atoms with E-state index in [0.29, 0.717) is 0 Å². The Morgan fingerprint density at radius 3 is 0.857 bits per heavy atom. The van der Waals surface area contributed by atoms with Crippen molar-refractivity contribution < 1.29 is 28.4 Å². The lowest BCUT2D eigenvalue weighted by molar-refractivity contribution is -0.148. The number of methoxy groups -OCH3 is 2. The van der Waals surface area contributed by atoms with Gasteiger partial charge in [0.2, 0.25) is 0 Å². The molecule has 2 aromatic rings. The van der Waals surface area contributed by atoms with Gasteiger partial charge in [0.25, 0.3) is 0 Å². The zero-order valence-corrected chi connectivity index (χ0v) is 26.4. The lowest BCUT2D eigenvalue weighted by atomic mass is 10.1. The molecule has 0 spiro atoms. The quantitative estimate of drug-likeness (QED) is 0.357. The van der Waals surface area contributed by atoms with Gasteiger partial charge in [0, 0.05) is 11.1 Å². The maximum absolute atomic E-state index is 6.22. The van der Waals surface area contributed by atoms with Gasteiger partial charge in [-0.15, -0.1) is 0 Å². The molecule has 6 heteroatoms. The summed E-state index contributed by atoms with van der Waals surface area (Å²) in [5.41, 5.74) is 2.12. The number of rotatable bonds is 4. The lowest BCUT2D eigenvalue weighted by Gasteiger charge is -2.20. The van der Waals surface area contributed by atoms with Gasteiger partial charge in [-0.2, -0.15) is 0 Å². The van der Waals surface area contributed by atoms with Gasteiger partial charge in [0.05, 0.1) is 40.6 Å². The molecular weight excluding hydrogens is 528 g/mol. The molecule has 6 nitrogen and oxygen atoms in total. The van der Waals surface area contributed by atoms with Crippen molar-refractivity contribution in [3.8, 4) is 11.5 Å². The summed E-state index contributed by atoms with van der Waals surface area (Å²) < 4.78 is 35.5. The van der Waals surface area contributed by atoms with Gasteiger partial charge < -0.3 is 28.4 Å². The Bertz CT molecular complexity index is 797. The molecule has 0 atom stereocenters. The molecule has 1 aliphatic rings. The summed E-state index contributed by atoms with van der Waals surface area (Å²) >= 11 is 0. The van der Waals surface area contributed by atoms with Crippen molar-refractivity contribution in [2.45, 2.75) is 115 Å². The third-order valence-corrected chi connectivity index (χ3v) is 7.93. The second kappa shape index (κ2) is 22.4. The third kappa shape index (κ3) is 14.4. The Morgan fingerprint density at radius 2 is 0.619 bits per heavy atom. The number of hydrogen-bond acceptors (Lipinski definition) is 6. The predicted octanol–water partition coefficient (Wildman–Crippen LogP) is 9.72. The van der Waals surface area contributed by atoms with Crippen LogP contribution in [0.3, 0.4) is 0 Å². The third-order valence-electron chi connectivity index (χ3n) is 7.93. The van der Waals surface area contributed by atoms with Gasteiger partial charge in [-0.05, 0) is 49.9 Å². The molecule has 0 amide bonds. The van der Waals surface area contributed by atoms with Gasteiger partial charge in [-0.25, -0.2) is 0 Å². The molecule has 0 bridgehead atoms. The summed E-state index contributed by atoms with van der Waals surface area (Å²) in [5.74, 6) is 1.71. The van der Waals surface area contributed by atoms with Gasteiger partial charge in [-0.3, -0.25) is 0 Å². The highest BCUT2D eigenvalue weighted by Crippen LogP contribution is 2.25. The van der Waals surface area contributed by atoms with Crippen molar-refractivity contribution >= 4 is 0 Å². The Morgan fingerprint density at radius 1 is 0.381 bits per heavy atom. The normalized spacial score (nSPS) is 22.6. The van der Waals surface area contributed by atoms with Crippen molar-refractivity contribution in [2.75, 3.05) is 40.6 Å². The van der Waals surface area contributed by atoms with Crippen molar-refractivity contribution in [1.29, 1.82) is 0 Å². The van der Waals surface area contributed by atoms with Crippen LogP contribution >= 0.6 is 0 Å². The van der Waals surface area contributed by atoms with Crippen molar-refractivity contribution in [3.05, 3.63) is 59.7 Å². The van der Waals surface area contributed by atoms with Gasteiger partial charge in [0.1, 0.15) is 11.5 Å². The van der Waals surface area contributed by atoms with E-state index in [1.807, 2.05) is 24.3 Å². The van der Waals surface area contributed by atoms with Crippen molar-refractivity contribution in [2.24, 2.45) is 0 Å². The minimum atomic E-state index is -0.303. The van der Waals surface area contributed by atoms with Gasteiger partial charge in [-0.1, -0.05) is 101 Å². The van der Waals surface area contributed by atoms with Crippen LogP contribution in [0.2, 0.25) is 0 Å². The summed E-state index contributed by atoms with van der Waals surface area (Å²) in [6, 6.07) is 16.1. The maximum atomic E-state index is 6.22. The summed E-state index contributed by atoms with van der Waals surface area (Å²) in [6.45, 7) is 2.91. The topological polar surface area (TPSA) is 55.4 Å². The molecule has 1 saturated heterocycles. The molecule has 0 radical (unpaired) electrons. The van der Waals surface area contributed by atoms with E-state index in [4.69, 9.17) is 28.4 Å². The fraction of sp³-hybridized carbons (Fsp3) is 0.667. The first-order valence-electron chi connectivity index (χ1n) is 16.5. The SMILES string of the molecule is COc1ccc(C2OCCCCCCCCCCOC(c3ccc(OC)cc3)OCCCCCCCCCCO2)cc1. The molecule has 1 fully saturated rings. The largest absolute Gasteiger partial charge is 0.497 e. The Labute approximate surface area is 255 Å². The van der Waals surface area contributed by atoms with E-state index in [1.54, 1.807) is 14.2 Å². The number of hydrogen-bond donors (Lipinski definition) is 0. The van der Waals surface area contributed by atoms with Crippen LogP contribution in [0.25, 0.3) is 0 Å². The van der Waals surface area contributed by atoms with Crippen LogP contribution in [0.15, 0.2) is 48.5 Å². The maximum Gasteiger partial charge on any atom is 0.183 e. The number of ether oxygens (including phenoxy) is 6. The highest BCUT2D eigenvalue weighted by atomic mass is 16.7. The first-order valence-corrected chi connectivity index (χ1v) is 16.5. The molecule has 236 valence electrons. The first kappa shape index (κ1) is 34.4. The van der Waals surface area contributed by atoms with E-state index >= 15 is 0 Å². The zero-order valence-electron chi connectivity index (χ0n) is 26.4. The summed E-state index contributed by atoms with van der Waals surface area (Å²) in [6.07, 6.45) is 18.5. The van der Waals surface area contributed by atoms with E-state index in [9.17, 15) is 0 Å². The summed E-state index contributed by atoms with van der Waals surface area (Å²) in [4.78, 5) is 0. The second-order valence-electron chi connectivity index (χ2n) is 11.4. The number of benzene rings is 2. The fourth-order valence-electron chi connectivity index (χ4n) is 5.29. The molecule has 3 rings (SSSR count). The highest BCUT2D eigenvalue weighted by molar-refractivity contribution is 5.28. The highest BCUT2D eigenvalue weighted by Gasteiger charge is 2.14. The molecule has 1 heterocycles. The van der Waals surface area contributed by atoms with Crippen LogP contribution in [0.4, 0.5) is 0 Å². The summed E-state index contributed by atoms with van der Waals surface area (Å²) in [7, 11) is 3.39. The molecule has 0 saturated carbocycles. The fourth-order valence-corrected chi connectivity index (χ4v) is 5.29. The van der Waals surface area contributed by atoms with Crippen LogP contribution in [-0.2, 0) is 18.9 Å². The molecule has 0 N–H and O–H groups in total. The molecule has 0 aliphatic carbocycles. The van der Waals surface area contributed by atoms with E-state index in [0.717, 1.165) is 74.7 Å². The minimum absolute atomic E-state index is 0.303. The van der Waals surface area contributed by atoms with E-state index < -0.39 is 0 Å². The van der Waals surface area contributed by atoms with Crippen molar-refractivity contribution in [1.82, 2.24) is 0 Å². The predicted molar refractivity (Wildman–Crippen MR) is 169 cm³/mol. The van der Waals surface area contributed by atoms with E-state index in [2.05, 4.69) is 24.3 Å². The molecule has 0 unspecified atom stereocenters. The Balaban J connectivity index is 1.43. The molecular formula is C36H56O6. The molecule has 0 aromatic heterocycles. The van der Waals surface area contributed by atoms with Gasteiger partial charge in [0.15, 0.2) is 12.6 Å². The van der Waals surface area contributed by atoms with Crippen LogP contribution in [-0.4, -0.2) is 40.6 Å². The van der Waals surface area contributed by atoms with E-state index in [1.165, 1.54) is 77.0 Å². The average Bonchev–Trinajstić information content (AvgIpc) is 3.03. The molecule has 2 aromatic carbocycles. The second-order valence-corrected chi connectivity index (χ2v) is 11.4. The Hall–Kier alpha value is -2.12. The smallest absolute Gasteiger partial charge is 0.183 e. The first-order chi connectivity index (χ1) is 20.8. The van der Waals surface area contributed by atoms with E-state index in [-0.39, 0.29) is 12.6 Å². The molecule has 1 aliphatic heterocycles. The van der Waals surface area contributed by atoms with Crippen molar-refractivity contribution in [3.63, 3.8) is 0 Å². The van der Waals surface area contributed by atoms with Crippen LogP contribution in [0.5, 0.6) is 11.5 Å². The molecule has 42 heavy (non-hydrogen) atoms. The summed E-state index contributed by atoms with van der Waals surface area (Å²) in [5, 5.41) is 0. The van der Waals surface area contributed by atoms with Gasteiger partial charge >= 0.3 is 0 Å². The zero-order chi connectivity index (χ0) is 29.5. The Kier molecular flexibility index (Phi) is 18.4.